The second-order valence-electron chi connectivity index (χ2n) is 11.5. The molecule has 0 radical (unpaired) electrons. The number of nitrogens with one attached hydrogen (secondary N) is 2. The number of aliphatic hydroxyl groups excluding tert-OH is 1. The summed E-state index contributed by atoms with van der Waals surface area (Å²) in [7, 11) is 3.69. The van der Waals surface area contributed by atoms with E-state index in [-0.39, 0.29) is 30.6 Å². The highest BCUT2D eigenvalue weighted by molar-refractivity contribution is 6.07. The number of methoxy groups -OCH3 is 1. The summed E-state index contributed by atoms with van der Waals surface area (Å²) in [5, 5.41) is 17.7. The van der Waals surface area contributed by atoms with Gasteiger partial charge in [-0.25, -0.2) is 4.79 Å². The van der Waals surface area contributed by atoms with E-state index < -0.39 is 6.03 Å². The summed E-state index contributed by atoms with van der Waals surface area (Å²) in [4.78, 5) is 30.7. The maximum Gasteiger partial charge on any atom is 0.323 e. The fourth-order valence-corrected chi connectivity index (χ4v) is 5.55. The van der Waals surface area contributed by atoms with Crippen LogP contribution in [0.2, 0.25) is 0 Å². The number of anilines is 2. The number of benzene rings is 4. The number of amides is 3. The van der Waals surface area contributed by atoms with Crippen molar-refractivity contribution < 1.29 is 24.2 Å². The normalized spacial score (nSPS) is 17.3. The molecule has 0 bridgehead atoms. The number of hydrogen-bond donors (Lipinski definition) is 3. The van der Waals surface area contributed by atoms with Gasteiger partial charge in [-0.05, 0) is 61.3 Å². The molecule has 0 spiro atoms. The summed E-state index contributed by atoms with van der Waals surface area (Å²) in [6.45, 7) is 5.48. The first-order chi connectivity index (χ1) is 21.2. The van der Waals surface area contributed by atoms with Crippen molar-refractivity contribution in [2.24, 2.45) is 5.92 Å². The summed E-state index contributed by atoms with van der Waals surface area (Å²) in [5.41, 5.74) is 2.62. The fourth-order valence-electron chi connectivity index (χ4n) is 5.55. The minimum atomic E-state index is -0.423. The van der Waals surface area contributed by atoms with Crippen LogP contribution < -0.4 is 20.1 Å². The zero-order valence-corrected chi connectivity index (χ0v) is 25.6. The number of ether oxygens (including phenoxy) is 2. The van der Waals surface area contributed by atoms with Gasteiger partial charge in [-0.1, -0.05) is 55.5 Å². The molecule has 4 aromatic carbocycles. The van der Waals surface area contributed by atoms with E-state index in [1.807, 2.05) is 80.7 Å². The molecular formula is C35H40N4O5. The van der Waals surface area contributed by atoms with Crippen molar-refractivity contribution in [3.05, 3.63) is 96.1 Å². The van der Waals surface area contributed by atoms with Crippen LogP contribution in [0.1, 0.15) is 29.8 Å². The van der Waals surface area contributed by atoms with Crippen LogP contribution in [0, 0.1) is 5.92 Å². The first-order valence-electron chi connectivity index (χ1n) is 14.9. The molecular weight excluding hydrogens is 556 g/mol. The van der Waals surface area contributed by atoms with Crippen LogP contribution in [0.25, 0.3) is 10.8 Å². The van der Waals surface area contributed by atoms with Crippen LogP contribution in [-0.4, -0.2) is 72.8 Å². The number of rotatable bonds is 9. The quantitative estimate of drug-likeness (QED) is 0.224. The molecule has 0 unspecified atom stereocenters. The summed E-state index contributed by atoms with van der Waals surface area (Å²) in [6, 6.07) is 25.8. The van der Waals surface area contributed by atoms with E-state index in [1.54, 1.807) is 30.2 Å². The van der Waals surface area contributed by atoms with E-state index in [1.165, 1.54) is 0 Å². The average molecular weight is 597 g/mol. The van der Waals surface area contributed by atoms with Crippen molar-refractivity contribution in [2.45, 2.75) is 32.5 Å². The van der Waals surface area contributed by atoms with Gasteiger partial charge in [0.1, 0.15) is 17.6 Å². The van der Waals surface area contributed by atoms with Gasteiger partial charge in [-0.2, -0.15) is 0 Å². The third-order valence-electron chi connectivity index (χ3n) is 8.06. The van der Waals surface area contributed by atoms with Crippen molar-refractivity contribution in [3.63, 3.8) is 0 Å². The van der Waals surface area contributed by atoms with E-state index >= 15 is 0 Å². The van der Waals surface area contributed by atoms with Crippen LogP contribution in [0.15, 0.2) is 84.9 Å². The zero-order valence-electron chi connectivity index (χ0n) is 25.6. The van der Waals surface area contributed by atoms with Gasteiger partial charge in [0.2, 0.25) is 0 Å². The number of urea groups is 1. The molecule has 1 aliphatic rings. The highest BCUT2D eigenvalue weighted by Gasteiger charge is 2.33. The van der Waals surface area contributed by atoms with Crippen LogP contribution in [0.4, 0.5) is 16.2 Å². The topological polar surface area (TPSA) is 103 Å². The summed E-state index contributed by atoms with van der Waals surface area (Å²) in [6.07, 6.45) is -0.230. The summed E-state index contributed by atoms with van der Waals surface area (Å²) < 4.78 is 11.8. The van der Waals surface area contributed by atoms with Crippen molar-refractivity contribution in [1.29, 1.82) is 0 Å². The molecule has 9 nitrogen and oxygen atoms in total. The molecule has 0 saturated heterocycles. The Kier molecular flexibility index (Phi) is 9.67. The lowest BCUT2D eigenvalue weighted by Crippen LogP contribution is -2.49. The van der Waals surface area contributed by atoms with Gasteiger partial charge in [-0.15, -0.1) is 0 Å². The maximum atomic E-state index is 13.8. The average Bonchev–Trinajstić information content (AvgIpc) is 3.03. The minimum Gasteiger partial charge on any atom is -0.497 e. The van der Waals surface area contributed by atoms with Gasteiger partial charge in [0.15, 0.2) is 0 Å². The smallest absolute Gasteiger partial charge is 0.323 e. The second-order valence-corrected chi connectivity index (χ2v) is 11.5. The monoisotopic (exact) mass is 596 g/mol. The number of nitrogens with zero attached hydrogens (tertiary/aromatic N) is 2. The number of likely N-dealkylation sites (N-methyl/N-ethyl adjacent to an activating group) is 1. The summed E-state index contributed by atoms with van der Waals surface area (Å²) in [5.74, 6) is 0.993. The highest BCUT2D eigenvalue weighted by Crippen LogP contribution is 2.31. The minimum absolute atomic E-state index is 0.0105. The van der Waals surface area contributed by atoms with E-state index in [9.17, 15) is 14.7 Å². The van der Waals surface area contributed by atoms with Gasteiger partial charge in [0.25, 0.3) is 5.91 Å². The van der Waals surface area contributed by atoms with Gasteiger partial charge in [0.05, 0.1) is 31.0 Å². The second kappa shape index (κ2) is 13.8. The number of hydrogen-bond acceptors (Lipinski definition) is 6. The van der Waals surface area contributed by atoms with Crippen LogP contribution in [-0.2, 0) is 6.54 Å². The predicted molar refractivity (Wildman–Crippen MR) is 174 cm³/mol. The molecule has 0 fully saturated rings. The number of carbonyl (C=O) groups excluding carboxylic acids is 2. The standard InChI is InChI=1S/C35H40N4O5/c1-23-19-39(24(2)22-40)34(41)30-18-27(36-35(42)37-31-11-7-9-26-8-5-6-10-29(26)31)14-17-32(30)44-33(23)21-38(3)20-25-12-15-28(43-4)16-13-25/h5-18,23-24,33,40H,19-22H2,1-4H3,(H2,36,37,42)/t23-,24-,33+/m0/s1. The van der Waals surface area contributed by atoms with E-state index in [0.717, 1.165) is 22.1 Å². The Labute approximate surface area is 258 Å². The molecule has 0 saturated carbocycles. The fraction of sp³-hybridized carbons (Fsp3) is 0.314. The molecule has 3 atom stereocenters. The molecule has 230 valence electrons. The van der Waals surface area contributed by atoms with Crippen molar-refractivity contribution in [3.8, 4) is 11.5 Å². The molecule has 4 aromatic rings. The lowest BCUT2D eigenvalue weighted by molar-refractivity contribution is 0.0341. The SMILES string of the molecule is COc1ccc(CN(C)C[C@H]2Oc3ccc(NC(=O)Nc4cccc5ccccc45)cc3C(=O)N([C@@H](C)CO)C[C@@H]2C)cc1. The Morgan fingerprint density at radius 2 is 1.82 bits per heavy atom. The first-order valence-corrected chi connectivity index (χ1v) is 14.9. The van der Waals surface area contributed by atoms with Gasteiger partial charge < -0.3 is 30.1 Å². The lowest BCUT2D eigenvalue weighted by atomic mass is 9.99. The molecule has 1 heterocycles. The molecule has 0 aliphatic carbocycles. The molecule has 44 heavy (non-hydrogen) atoms. The number of fused-ring (bicyclic) bond motifs is 2. The Morgan fingerprint density at radius 1 is 1.07 bits per heavy atom. The van der Waals surface area contributed by atoms with Crippen molar-refractivity contribution >= 4 is 34.1 Å². The maximum absolute atomic E-state index is 13.8. The lowest BCUT2D eigenvalue weighted by Gasteiger charge is -2.38. The Hall–Kier alpha value is -4.60. The van der Waals surface area contributed by atoms with E-state index in [2.05, 4.69) is 22.5 Å². The third-order valence-corrected chi connectivity index (χ3v) is 8.06. The van der Waals surface area contributed by atoms with Gasteiger partial charge >= 0.3 is 6.03 Å². The molecule has 9 heteroatoms. The Bertz CT molecular complexity index is 1600. The highest BCUT2D eigenvalue weighted by atomic mass is 16.5. The first kappa shape index (κ1) is 30.8. The van der Waals surface area contributed by atoms with E-state index in [4.69, 9.17) is 9.47 Å². The molecule has 1 aliphatic heterocycles. The van der Waals surface area contributed by atoms with Gasteiger partial charge in [-0.3, -0.25) is 9.69 Å². The zero-order chi connectivity index (χ0) is 31.2. The number of carbonyl (C=O) groups is 2. The Morgan fingerprint density at radius 3 is 2.57 bits per heavy atom. The molecule has 0 aromatic heterocycles. The van der Waals surface area contributed by atoms with Gasteiger partial charge in [0, 0.05) is 36.6 Å². The number of aliphatic hydroxyl groups is 1. The third kappa shape index (κ3) is 7.12. The predicted octanol–water partition coefficient (Wildman–Crippen LogP) is 5.84. The van der Waals surface area contributed by atoms with Crippen molar-refractivity contribution in [2.75, 3.05) is 44.5 Å². The molecule has 3 N–H and O–H groups in total. The Balaban J connectivity index is 1.36. The van der Waals surface area contributed by atoms with Crippen LogP contribution in [0.3, 0.4) is 0 Å². The van der Waals surface area contributed by atoms with Crippen LogP contribution >= 0.6 is 0 Å². The molecule has 5 rings (SSSR count). The molecule has 3 amide bonds. The summed E-state index contributed by atoms with van der Waals surface area (Å²) >= 11 is 0. The van der Waals surface area contributed by atoms with Crippen LogP contribution in [0.5, 0.6) is 11.5 Å². The van der Waals surface area contributed by atoms with Crippen molar-refractivity contribution in [1.82, 2.24) is 9.80 Å². The largest absolute Gasteiger partial charge is 0.497 e. The van der Waals surface area contributed by atoms with E-state index in [0.29, 0.717) is 42.3 Å².